The van der Waals surface area contributed by atoms with Gasteiger partial charge in [0.1, 0.15) is 10.7 Å². The quantitative estimate of drug-likeness (QED) is 0.388. The van der Waals surface area contributed by atoms with Crippen molar-refractivity contribution in [3.8, 4) is 21.3 Å². The fraction of sp³-hybridized carbons (Fsp3) is 0.235. The van der Waals surface area contributed by atoms with Crippen molar-refractivity contribution in [2.24, 2.45) is 0 Å². The van der Waals surface area contributed by atoms with Gasteiger partial charge in [-0.15, -0.1) is 11.3 Å². The van der Waals surface area contributed by atoms with E-state index < -0.39 is 39.8 Å². The Kier molecular flexibility index (Phi) is 5.98. The van der Waals surface area contributed by atoms with Crippen molar-refractivity contribution in [1.82, 2.24) is 15.0 Å². The summed E-state index contributed by atoms with van der Waals surface area (Å²) in [5, 5.41) is -1.20. The molecular formula is C17H10F6N3O2S2-. The third-order valence-electron chi connectivity index (χ3n) is 4.02. The number of hydrogen-bond donors (Lipinski definition) is 0. The maximum atomic E-state index is 13.0. The highest BCUT2D eigenvalue weighted by Gasteiger charge is 2.33. The van der Waals surface area contributed by atoms with E-state index in [9.17, 15) is 35.1 Å². The van der Waals surface area contributed by atoms with Crippen molar-refractivity contribution in [3.63, 3.8) is 0 Å². The van der Waals surface area contributed by atoms with E-state index in [0.29, 0.717) is 23.3 Å². The highest BCUT2D eigenvalue weighted by molar-refractivity contribution is 7.79. The second kappa shape index (κ2) is 8.04. The Hall–Kier alpha value is -2.38. The van der Waals surface area contributed by atoms with Crippen molar-refractivity contribution in [3.05, 3.63) is 53.5 Å². The molecule has 0 aliphatic heterocycles. The zero-order valence-corrected chi connectivity index (χ0v) is 16.4. The summed E-state index contributed by atoms with van der Waals surface area (Å²) < 4.78 is 99.7. The summed E-state index contributed by atoms with van der Waals surface area (Å²) in [6.45, 7) is 1.20. The van der Waals surface area contributed by atoms with Crippen molar-refractivity contribution in [2.75, 3.05) is 0 Å². The van der Waals surface area contributed by atoms with Gasteiger partial charge in [-0.05, 0) is 41.8 Å². The molecule has 160 valence electrons. The first-order chi connectivity index (χ1) is 13.9. The molecule has 3 heterocycles. The number of alkyl halides is 6. The van der Waals surface area contributed by atoms with Crippen LogP contribution >= 0.6 is 11.3 Å². The Bertz CT molecular complexity index is 1080. The fourth-order valence-corrected chi connectivity index (χ4v) is 3.74. The van der Waals surface area contributed by atoms with Gasteiger partial charge in [0.2, 0.25) is 0 Å². The molecule has 0 saturated carbocycles. The van der Waals surface area contributed by atoms with Gasteiger partial charge in [0.25, 0.3) is 0 Å². The van der Waals surface area contributed by atoms with Crippen LogP contribution in [0.5, 0.6) is 0 Å². The van der Waals surface area contributed by atoms with E-state index in [2.05, 4.69) is 15.0 Å². The largest absolute Gasteiger partial charge is 0.772 e. The third-order valence-corrected chi connectivity index (χ3v) is 5.88. The normalized spacial score (nSPS) is 14.5. The number of halogens is 6. The topological polar surface area (TPSA) is 78.8 Å². The first-order valence-electron chi connectivity index (χ1n) is 8.03. The van der Waals surface area contributed by atoms with Crippen LogP contribution in [0, 0.1) is 0 Å². The SMILES string of the molecule is CC(c1cc(C(F)(F)F)cnc1-c1ncc(-c2ccc(C(F)(F)F)cn2)s1)S(=O)[O-]. The van der Waals surface area contributed by atoms with Gasteiger partial charge in [-0.25, -0.2) is 4.98 Å². The van der Waals surface area contributed by atoms with Crippen molar-refractivity contribution in [2.45, 2.75) is 24.5 Å². The van der Waals surface area contributed by atoms with E-state index in [1.807, 2.05) is 0 Å². The molecule has 30 heavy (non-hydrogen) atoms. The minimum atomic E-state index is -4.72. The molecule has 0 saturated heterocycles. The zero-order valence-electron chi connectivity index (χ0n) is 14.8. The van der Waals surface area contributed by atoms with E-state index in [0.717, 1.165) is 23.5 Å². The predicted octanol–water partition coefficient (Wildman–Crippen LogP) is 5.24. The lowest BCUT2D eigenvalue weighted by molar-refractivity contribution is -0.138. The predicted molar refractivity (Wildman–Crippen MR) is 95.9 cm³/mol. The van der Waals surface area contributed by atoms with E-state index in [-0.39, 0.29) is 22.0 Å². The van der Waals surface area contributed by atoms with Gasteiger partial charge in [-0.1, -0.05) is 0 Å². The lowest BCUT2D eigenvalue weighted by Crippen LogP contribution is -2.10. The molecule has 0 aliphatic carbocycles. The molecule has 0 spiro atoms. The molecule has 0 bridgehead atoms. The molecule has 0 amide bonds. The van der Waals surface area contributed by atoms with E-state index in [1.165, 1.54) is 13.1 Å². The molecule has 0 N–H and O–H groups in total. The summed E-state index contributed by atoms with van der Waals surface area (Å²) in [5.74, 6) is 0. The second-order valence-corrected chi connectivity index (χ2v) is 8.28. The minimum Gasteiger partial charge on any atom is -0.772 e. The lowest BCUT2D eigenvalue weighted by Gasteiger charge is -2.19. The first-order valence-corrected chi connectivity index (χ1v) is 9.98. The summed E-state index contributed by atoms with van der Waals surface area (Å²) in [6, 6.07) is 2.67. The van der Waals surface area contributed by atoms with Crippen LogP contribution in [-0.4, -0.2) is 23.7 Å². The summed E-state index contributed by atoms with van der Waals surface area (Å²) in [6.07, 6.45) is -6.77. The molecule has 13 heteroatoms. The molecule has 3 aromatic heterocycles. The van der Waals surface area contributed by atoms with Crippen LogP contribution in [0.4, 0.5) is 26.3 Å². The van der Waals surface area contributed by atoms with Crippen LogP contribution in [0.3, 0.4) is 0 Å². The van der Waals surface area contributed by atoms with Crippen molar-refractivity contribution in [1.29, 1.82) is 0 Å². The molecule has 2 unspecified atom stereocenters. The van der Waals surface area contributed by atoms with Gasteiger partial charge in [0.15, 0.2) is 0 Å². The number of rotatable bonds is 4. The third kappa shape index (κ3) is 4.68. The molecule has 3 rings (SSSR count). The maximum Gasteiger partial charge on any atom is 0.417 e. The van der Waals surface area contributed by atoms with Crippen molar-refractivity contribution < 1.29 is 35.1 Å². The number of hydrogen-bond acceptors (Lipinski definition) is 6. The highest BCUT2D eigenvalue weighted by Crippen LogP contribution is 2.38. The molecule has 5 nitrogen and oxygen atoms in total. The Morgan fingerprint density at radius 2 is 1.60 bits per heavy atom. The van der Waals surface area contributed by atoms with Gasteiger partial charge in [-0.3, -0.25) is 14.2 Å². The fourth-order valence-electron chi connectivity index (χ4n) is 2.44. The number of aromatic nitrogens is 3. The van der Waals surface area contributed by atoms with Crippen LogP contribution in [0.25, 0.3) is 21.3 Å². The van der Waals surface area contributed by atoms with Gasteiger partial charge in [-0.2, -0.15) is 26.3 Å². The van der Waals surface area contributed by atoms with Gasteiger partial charge < -0.3 is 4.55 Å². The number of nitrogens with zero attached hydrogens (tertiary/aromatic N) is 3. The second-order valence-electron chi connectivity index (χ2n) is 6.02. The summed E-state index contributed by atoms with van der Waals surface area (Å²) in [7, 11) is 0. The maximum absolute atomic E-state index is 13.0. The Morgan fingerprint density at radius 1 is 0.967 bits per heavy atom. The van der Waals surface area contributed by atoms with Gasteiger partial charge in [0, 0.05) is 23.8 Å². The summed E-state index contributed by atoms with van der Waals surface area (Å²) in [5.41, 5.74) is -2.14. The van der Waals surface area contributed by atoms with Crippen LogP contribution in [-0.2, 0) is 23.4 Å². The lowest BCUT2D eigenvalue weighted by atomic mass is 10.1. The van der Waals surface area contributed by atoms with E-state index in [1.54, 1.807) is 0 Å². The summed E-state index contributed by atoms with van der Waals surface area (Å²) in [4.78, 5) is 11.9. The molecule has 0 radical (unpaired) electrons. The van der Waals surface area contributed by atoms with Crippen LogP contribution in [0.1, 0.15) is 28.9 Å². The van der Waals surface area contributed by atoms with E-state index >= 15 is 0 Å². The minimum absolute atomic E-state index is 0.0668. The standard InChI is InChI=1S/C17H11F6N3O2S2/c1-8(30(27)28)11-4-10(17(21,22)23)6-25-14(11)15-26-7-13(29-15)12-3-2-9(5-24-12)16(18,19)20/h2-8H,1H3,(H,27,28)/p-1. The van der Waals surface area contributed by atoms with Crippen LogP contribution in [0.15, 0.2) is 36.8 Å². The average molecular weight is 466 g/mol. The van der Waals surface area contributed by atoms with Crippen LogP contribution in [0.2, 0.25) is 0 Å². The molecular weight excluding hydrogens is 456 g/mol. The average Bonchev–Trinajstić information content (AvgIpc) is 3.15. The first kappa shape index (κ1) is 22.3. The zero-order chi connectivity index (χ0) is 22.3. The highest BCUT2D eigenvalue weighted by atomic mass is 32.2. The number of pyridine rings is 2. The van der Waals surface area contributed by atoms with E-state index in [4.69, 9.17) is 0 Å². The molecule has 2 atom stereocenters. The molecule has 0 aromatic carbocycles. The Morgan fingerprint density at radius 3 is 2.13 bits per heavy atom. The van der Waals surface area contributed by atoms with Gasteiger partial charge >= 0.3 is 12.4 Å². The summed E-state index contributed by atoms with van der Waals surface area (Å²) >= 11 is -1.81. The molecule has 0 aliphatic rings. The molecule has 0 fully saturated rings. The van der Waals surface area contributed by atoms with Crippen LogP contribution < -0.4 is 0 Å². The monoisotopic (exact) mass is 466 g/mol. The van der Waals surface area contributed by atoms with Gasteiger partial charge in [0.05, 0.1) is 21.7 Å². The molecule has 3 aromatic rings. The smallest absolute Gasteiger partial charge is 0.417 e. The van der Waals surface area contributed by atoms with Crippen molar-refractivity contribution >= 4 is 22.4 Å². The number of thiazole rings is 1. The Labute approximate surface area is 172 Å². The Balaban J connectivity index is 2.03.